The summed E-state index contributed by atoms with van der Waals surface area (Å²) >= 11 is 0. The molecule has 0 unspecified atom stereocenters. The summed E-state index contributed by atoms with van der Waals surface area (Å²) in [5.74, 6) is 0.857. The molecule has 0 aliphatic carbocycles. The highest BCUT2D eigenvalue weighted by molar-refractivity contribution is 5.74. The van der Waals surface area contributed by atoms with Gasteiger partial charge in [-0.3, -0.25) is 0 Å². The van der Waals surface area contributed by atoms with Gasteiger partial charge in [-0.2, -0.15) is 0 Å². The summed E-state index contributed by atoms with van der Waals surface area (Å²) in [7, 11) is 1.69. The Labute approximate surface area is 155 Å². The molecule has 2 aliphatic heterocycles. The van der Waals surface area contributed by atoms with E-state index in [9.17, 15) is 9.90 Å². The molecule has 2 heterocycles. The maximum atomic E-state index is 12.6. The molecule has 1 atom stereocenters. The molecule has 0 aromatic heterocycles. The number of β-amino-alcohol motifs (C(OH)–C–C–N with tert-alkyl or cyclic N) is 1. The third-order valence-electron chi connectivity index (χ3n) is 5.69. The topological polar surface area (TPSA) is 71.0 Å². The molecule has 0 spiro atoms. The van der Waals surface area contributed by atoms with Crippen LogP contribution in [0.3, 0.4) is 0 Å². The number of benzene rings is 1. The van der Waals surface area contributed by atoms with Gasteiger partial charge in [0.25, 0.3) is 0 Å². The number of amides is 2. The van der Waals surface area contributed by atoms with Gasteiger partial charge in [0.1, 0.15) is 5.75 Å². The van der Waals surface area contributed by atoms with Gasteiger partial charge in [0, 0.05) is 37.3 Å². The molecule has 1 aromatic carbocycles. The van der Waals surface area contributed by atoms with Crippen LogP contribution in [0, 0.1) is 6.92 Å². The van der Waals surface area contributed by atoms with Crippen LogP contribution in [0.4, 0.5) is 4.79 Å². The number of aliphatic hydroxyl groups is 1. The van der Waals surface area contributed by atoms with Crippen molar-refractivity contribution in [3.8, 4) is 5.75 Å². The number of hydrogen-bond acceptors (Lipinski definition) is 4. The van der Waals surface area contributed by atoms with E-state index in [1.54, 1.807) is 18.9 Å². The number of carbonyl (C=O) groups excluding carboxylic acids is 1. The van der Waals surface area contributed by atoms with E-state index in [4.69, 9.17) is 9.47 Å². The van der Waals surface area contributed by atoms with E-state index in [1.807, 2.05) is 12.1 Å². The van der Waals surface area contributed by atoms with E-state index in [0.29, 0.717) is 39.3 Å². The molecule has 3 rings (SSSR count). The number of urea groups is 1. The van der Waals surface area contributed by atoms with Crippen molar-refractivity contribution in [3.05, 3.63) is 29.3 Å². The average Bonchev–Trinajstić information content (AvgIpc) is 3.00. The van der Waals surface area contributed by atoms with Crippen LogP contribution in [0.1, 0.15) is 37.3 Å². The second-order valence-electron chi connectivity index (χ2n) is 7.92. The number of ether oxygens (including phenoxy) is 2. The molecule has 2 aliphatic rings. The first-order valence-electron chi connectivity index (χ1n) is 9.33. The first kappa shape index (κ1) is 19.0. The van der Waals surface area contributed by atoms with Crippen molar-refractivity contribution in [3.63, 3.8) is 0 Å². The van der Waals surface area contributed by atoms with E-state index in [0.717, 1.165) is 24.2 Å². The van der Waals surface area contributed by atoms with Gasteiger partial charge in [-0.15, -0.1) is 0 Å². The highest BCUT2D eigenvalue weighted by atomic mass is 16.5. The first-order valence-corrected chi connectivity index (χ1v) is 9.33. The summed E-state index contributed by atoms with van der Waals surface area (Å²) in [6.07, 6.45) is 2.29. The SMILES string of the molecule is COc1ccc(C)cc1C1(CNC(=O)N2CC[C@@](C)(O)C2)CCOCC1. The fourth-order valence-corrected chi connectivity index (χ4v) is 4.01. The van der Waals surface area contributed by atoms with Gasteiger partial charge in [-0.25, -0.2) is 4.79 Å². The Kier molecular flexibility index (Phi) is 5.44. The molecule has 0 bridgehead atoms. The molecule has 6 heteroatoms. The zero-order valence-corrected chi connectivity index (χ0v) is 16.0. The van der Waals surface area contributed by atoms with Crippen LogP contribution in [0.5, 0.6) is 5.75 Å². The lowest BCUT2D eigenvalue weighted by molar-refractivity contribution is 0.0489. The fourth-order valence-electron chi connectivity index (χ4n) is 4.01. The van der Waals surface area contributed by atoms with Crippen LogP contribution in [-0.2, 0) is 10.2 Å². The largest absolute Gasteiger partial charge is 0.496 e. The molecule has 144 valence electrons. The van der Waals surface area contributed by atoms with Crippen LogP contribution < -0.4 is 10.1 Å². The number of likely N-dealkylation sites (tertiary alicyclic amines) is 1. The maximum Gasteiger partial charge on any atom is 0.317 e. The van der Waals surface area contributed by atoms with Crippen molar-refractivity contribution in [1.82, 2.24) is 10.2 Å². The monoisotopic (exact) mass is 362 g/mol. The Morgan fingerprint density at radius 3 is 2.69 bits per heavy atom. The summed E-state index contributed by atoms with van der Waals surface area (Å²) in [6.45, 7) is 6.69. The highest BCUT2D eigenvalue weighted by Gasteiger charge is 2.39. The van der Waals surface area contributed by atoms with Crippen LogP contribution >= 0.6 is 0 Å². The molecule has 0 radical (unpaired) electrons. The molecule has 1 aromatic rings. The molecule has 2 saturated heterocycles. The average molecular weight is 362 g/mol. The van der Waals surface area contributed by atoms with Crippen LogP contribution in [0.2, 0.25) is 0 Å². The molecule has 0 saturated carbocycles. The Morgan fingerprint density at radius 2 is 2.08 bits per heavy atom. The van der Waals surface area contributed by atoms with Crippen molar-refractivity contribution in [2.75, 3.05) is 40.0 Å². The zero-order chi connectivity index (χ0) is 18.8. The van der Waals surface area contributed by atoms with E-state index < -0.39 is 5.60 Å². The van der Waals surface area contributed by atoms with E-state index in [-0.39, 0.29) is 11.4 Å². The van der Waals surface area contributed by atoms with Crippen molar-refractivity contribution in [2.45, 2.75) is 44.1 Å². The van der Waals surface area contributed by atoms with E-state index in [1.165, 1.54) is 5.56 Å². The second-order valence-corrected chi connectivity index (χ2v) is 7.92. The smallest absolute Gasteiger partial charge is 0.317 e. The van der Waals surface area contributed by atoms with Crippen LogP contribution in [0.25, 0.3) is 0 Å². The molecular weight excluding hydrogens is 332 g/mol. The minimum Gasteiger partial charge on any atom is -0.496 e. The highest BCUT2D eigenvalue weighted by Crippen LogP contribution is 2.40. The summed E-state index contributed by atoms with van der Waals surface area (Å²) in [5, 5.41) is 13.2. The van der Waals surface area contributed by atoms with Crippen molar-refractivity contribution in [2.24, 2.45) is 0 Å². The summed E-state index contributed by atoms with van der Waals surface area (Å²) in [4.78, 5) is 14.3. The summed E-state index contributed by atoms with van der Waals surface area (Å²) < 4.78 is 11.2. The van der Waals surface area contributed by atoms with Crippen molar-refractivity contribution < 1.29 is 19.4 Å². The molecule has 2 fully saturated rings. The Balaban J connectivity index is 1.78. The van der Waals surface area contributed by atoms with Gasteiger partial charge in [0.2, 0.25) is 0 Å². The number of hydrogen-bond donors (Lipinski definition) is 2. The Hall–Kier alpha value is -1.79. The van der Waals surface area contributed by atoms with E-state index >= 15 is 0 Å². The number of aryl methyl sites for hydroxylation is 1. The minimum absolute atomic E-state index is 0.111. The lowest BCUT2D eigenvalue weighted by Gasteiger charge is -2.39. The van der Waals surface area contributed by atoms with Crippen molar-refractivity contribution >= 4 is 6.03 Å². The predicted octanol–water partition coefficient (Wildman–Crippen LogP) is 2.22. The summed E-state index contributed by atoms with van der Waals surface area (Å²) in [6, 6.07) is 6.10. The van der Waals surface area contributed by atoms with Crippen LogP contribution in [-0.4, -0.2) is 61.6 Å². The lowest BCUT2D eigenvalue weighted by atomic mass is 9.73. The molecule has 26 heavy (non-hydrogen) atoms. The lowest BCUT2D eigenvalue weighted by Crippen LogP contribution is -2.48. The third-order valence-corrected chi connectivity index (χ3v) is 5.69. The quantitative estimate of drug-likeness (QED) is 0.862. The number of nitrogens with zero attached hydrogens (tertiary/aromatic N) is 1. The standard InChI is InChI=1S/C20H30N2O4/c1-15-4-5-17(25-3)16(12-15)20(7-10-26-11-8-20)13-21-18(23)22-9-6-19(2,24)14-22/h4-5,12,24H,6-11,13-14H2,1-3H3,(H,21,23)/t19-/m1/s1. The van der Waals surface area contributed by atoms with Gasteiger partial charge in [-0.1, -0.05) is 17.7 Å². The molecular formula is C20H30N2O4. The van der Waals surface area contributed by atoms with E-state index in [2.05, 4.69) is 18.3 Å². The third kappa shape index (κ3) is 3.96. The predicted molar refractivity (Wildman–Crippen MR) is 99.7 cm³/mol. The van der Waals surface area contributed by atoms with Gasteiger partial charge in [0.05, 0.1) is 19.3 Å². The molecule has 2 amide bonds. The van der Waals surface area contributed by atoms with Gasteiger partial charge < -0.3 is 24.8 Å². The fraction of sp³-hybridized carbons (Fsp3) is 0.650. The first-order chi connectivity index (χ1) is 12.4. The van der Waals surface area contributed by atoms with Crippen LogP contribution in [0.15, 0.2) is 18.2 Å². The maximum absolute atomic E-state index is 12.6. The normalized spacial score (nSPS) is 25.2. The second kappa shape index (κ2) is 7.45. The van der Waals surface area contributed by atoms with Gasteiger partial charge in [0.15, 0.2) is 0 Å². The van der Waals surface area contributed by atoms with Gasteiger partial charge >= 0.3 is 6.03 Å². The molecule has 2 N–H and O–H groups in total. The number of methoxy groups -OCH3 is 1. The zero-order valence-electron chi connectivity index (χ0n) is 16.0. The number of nitrogens with one attached hydrogen (secondary N) is 1. The van der Waals surface area contributed by atoms with Gasteiger partial charge in [-0.05, 0) is 39.2 Å². The molecule has 6 nitrogen and oxygen atoms in total. The number of carbonyl (C=O) groups is 1. The Morgan fingerprint density at radius 1 is 1.35 bits per heavy atom. The van der Waals surface area contributed by atoms with Crippen molar-refractivity contribution in [1.29, 1.82) is 0 Å². The summed E-state index contributed by atoms with van der Waals surface area (Å²) in [5.41, 5.74) is 1.33. The Bertz CT molecular complexity index is 653. The number of rotatable bonds is 4. The minimum atomic E-state index is -0.784.